The summed E-state index contributed by atoms with van der Waals surface area (Å²) in [6, 6.07) is 5.86. The van der Waals surface area contributed by atoms with Crippen LogP contribution in [0.25, 0.3) is 0 Å². The summed E-state index contributed by atoms with van der Waals surface area (Å²) >= 11 is 0. The molecular formula is C11H10FN3O. The third kappa shape index (κ3) is 2.25. The number of aromatic amines is 1. The fraction of sp³-hybridized carbons (Fsp3) is 0.0909. The number of benzene rings is 1. The van der Waals surface area contributed by atoms with Crippen LogP contribution in [0.1, 0.15) is 16.1 Å². The SMILES string of the molecule is O=C(NCc1cnc[nH]1)c1ccccc1F. The van der Waals surface area contributed by atoms with Crippen molar-refractivity contribution in [3.05, 3.63) is 53.9 Å². The predicted molar refractivity (Wildman–Crippen MR) is 56.2 cm³/mol. The molecule has 0 spiro atoms. The van der Waals surface area contributed by atoms with E-state index in [4.69, 9.17) is 0 Å². The number of hydrogen-bond acceptors (Lipinski definition) is 2. The van der Waals surface area contributed by atoms with E-state index >= 15 is 0 Å². The highest BCUT2D eigenvalue weighted by molar-refractivity contribution is 5.94. The number of carbonyl (C=O) groups excluding carboxylic acids is 1. The van der Waals surface area contributed by atoms with Crippen LogP contribution in [0.2, 0.25) is 0 Å². The highest BCUT2D eigenvalue weighted by Gasteiger charge is 2.09. The molecule has 0 saturated carbocycles. The molecule has 0 aliphatic carbocycles. The fourth-order valence-electron chi connectivity index (χ4n) is 1.30. The Labute approximate surface area is 91.5 Å². The number of halogens is 1. The van der Waals surface area contributed by atoms with E-state index in [0.717, 1.165) is 5.69 Å². The molecule has 82 valence electrons. The zero-order chi connectivity index (χ0) is 11.4. The summed E-state index contributed by atoms with van der Waals surface area (Å²) in [6.07, 6.45) is 3.12. The van der Waals surface area contributed by atoms with Crippen LogP contribution in [0, 0.1) is 5.82 Å². The first-order chi connectivity index (χ1) is 7.77. The van der Waals surface area contributed by atoms with Gasteiger partial charge in [0.2, 0.25) is 0 Å². The summed E-state index contributed by atoms with van der Waals surface area (Å²) in [5, 5.41) is 2.59. The molecule has 1 amide bonds. The molecular weight excluding hydrogens is 209 g/mol. The molecule has 2 N–H and O–H groups in total. The number of imidazole rings is 1. The normalized spacial score (nSPS) is 10.1. The van der Waals surface area contributed by atoms with Gasteiger partial charge in [0, 0.05) is 6.20 Å². The van der Waals surface area contributed by atoms with Crippen molar-refractivity contribution in [3.63, 3.8) is 0 Å². The smallest absolute Gasteiger partial charge is 0.254 e. The first-order valence-corrected chi connectivity index (χ1v) is 4.77. The Morgan fingerprint density at radius 2 is 2.25 bits per heavy atom. The highest BCUT2D eigenvalue weighted by atomic mass is 19.1. The molecule has 0 bridgehead atoms. The highest BCUT2D eigenvalue weighted by Crippen LogP contribution is 2.06. The van der Waals surface area contributed by atoms with Crippen molar-refractivity contribution >= 4 is 5.91 Å². The fourth-order valence-corrected chi connectivity index (χ4v) is 1.30. The number of H-pyrrole nitrogens is 1. The lowest BCUT2D eigenvalue weighted by Crippen LogP contribution is -2.23. The molecule has 1 aromatic heterocycles. The average Bonchev–Trinajstić information content (AvgIpc) is 2.79. The minimum absolute atomic E-state index is 0.0435. The molecule has 0 aliphatic rings. The number of aromatic nitrogens is 2. The zero-order valence-electron chi connectivity index (χ0n) is 8.40. The second kappa shape index (κ2) is 4.57. The van der Waals surface area contributed by atoms with Gasteiger partial charge in [0.15, 0.2) is 0 Å². The van der Waals surface area contributed by atoms with Gasteiger partial charge < -0.3 is 10.3 Å². The Hall–Kier alpha value is -2.17. The minimum atomic E-state index is -0.524. The molecule has 0 atom stereocenters. The third-order valence-corrected chi connectivity index (χ3v) is 2.11. The molecule has 0 saturated heterocycles. The van der Waals surface area contributed by atoms with Gasteiger partial charge in [-0.1, -0.05) is 12.1 Å². The van der Waals surface area contributed by atoms with E-state index < -0.39 is 11.7 Å². The van der Waals surface area contributed by atoms with Gasteiger partial charge in [-0.05, 0) is 12.1 Å². The van der Waals surface area contributed by atoms with E-state index in [9.17, 15) is 9.18 Å². The average molecular weight is 219 g/mol. The van der Waals surface area contributed by atoms with E-state index in [-0.39, 0.29) is 5.56 Å². The maximum Gasteiger partial charge on any atom is 0.254 e. The number of carbonyl (C=O) groups is 1. The van der Waals surface area contributed by atoms with E-state index in [1.165, 1.54) is 18.5 Å². The van der Waals surface area contributed by atoms with Gasteiger partial charge >= 0.3 is 0 Å². The summed E-state index contributed by atoms with van der Waals surface area (Å²) in [4.78, 5) is 18.2. The van der Waals surface area contributed by atoms with Gasteiger partial charge in [-0.25, -0.2) is 9.37 Å². The molecule has 0 radical (unpaired) electrons. The first kappa shape index (κ1) is 10.4. The van der Waals surface area contributed by atoms with Crippen LogP contribution in [-0.4, -0.2) is 15.9 Å². The molecule has 2 aromatic rings. The lowest BCUT2D eigenvalue weighted by molar-refractivity contribution is 0.0946. The van der Waals surface area contributed by atoms with E-state index in [1.54, 1.807) is 18.3 Å². The summed E-state index contributed by atoms with van der Waals surface area (Å²) < 4.78 is 13.2. The van der Waals surface area contributed by atoms with Crippen LogP contribution >= 0.6 is 0 Å². The maximum absolute atomic E-state index is 13.2. The maximum atomic E-state index is 13.2. The van der Waals surface area contributed by atoms with Crippen molar-refractivity contribution in [1.82, 2.24) is 15.3 Å². The van der Waals surface area contributed by atoms with Crippen molar-refractivity contribution in [2.24, 2.45) is 0 Å². The molecule has 1 aromatic carbocycles. The van der Waals surface area contributed by atoms with E-state index in [2.05, 4.69) is 15.3 Å². The van der Waals surface area contributed by atoms with Crippen LogP contribution in [0.3, 0.4) is 0 Å². The topological polar surface area (TPSA) is 57.8 Å². The molecule has 2 rings (SSSR count). The van der Waals surface area contributed by atoms with E-state index in [1.807, 2.05) is 0 Å². The Morgan fingerprint density at radius 1 is 1.44 bits per heavy atom. The monoisotopic (exact) mass is 219 g/mol. The number of nitrogens with one attached hydrogen (secondary N) is 2. The molecule has 4 nitrogen and oxygen atoms in total. The molecule has 16 heavy (non-hydrogen) atoms. The summed E-state index contributed by atoms with van der Waals surface area (Å²) in [5.74, 6) is -0.961. The van der Waals surface area contributed by atoms with Crippen molar-refractivity contribution in [3.8, 4) is 0 Å². The van der Waals surface area contributed by atoms with Gasteiger partial charge in [0.25, 0.3) is 5.91 Å². The minimum Gasteiger partial charge on any atom is -0.347 e. The second-order valence-electron chi connectivity index (χ2n) is 3.24. The van der Waals surface area contributed by atoms with Crippen molar-refractivity contribution in [1.29, 1.82) is 0 Å². The largest absolute Gasteiger partial charge is 0.347 e. The molecule has 0 aliphatic heterocycles. The summed E-state index contributed by atoms with van der Waals surface area (Å²) in [7, 11) is 0. The lowest BCUT2D eigenvalue weighted by Gasteiger charge is -2.04. The van der Waals surface area contributed by atoms with Gasteiger partial charge in [-0.3, -0.25) is 4.79 Å². The number of nitrogens with zero attached hydrogens (tertiary/aromatic N) is 1. The summed E-state index contributed by atoms with van der Waals surface area (Å²) in [6.45, 7) is 0.299. The lowest BCUT2D eigenvalue weighted by atomic mass is 10.2. The molecule has 5 heteroatoms. The van der Waals surface area contributed by atoms with Gasteiger partial charge in [-0.2, -0.15) is 0 Å². The standard InChI is InChI=1S/C11H10FN3O/c12-10-4-2-1-3-9(10)11(16)14-6-8-5-13-7-15-8/h1-5,7H,6H2,(H,13,15)(H,14,16). The molecule has 0 unspecified atom stereocenters. The van der Waals surface area contributed by atoms with E-state index in [0.29, 0.717) is 6.54 Å². The van der Waals surface area contributed by atoms with Crippen molar-refractivity contribution in [2.75, 3.05) is 0 Å². The Kier molecular flexibility index (Phi) is 2.95. The summed E-state index contributed by atoms with van der Waals surface area (Å²) in [5.41, 5.74) is 0.812. The molecule has 1 heterocycles. The Balaban J connectivity index is 2.01. The molecule has 0 fully saturated rings. The first-order valence-electron chi connectivity index (χ1n) is 4.77. The number of amides is 1. The van der Waals surface area contributed by atoms with Crippen LogP contribution in [0.15, 0.2) is 36.8 Å². The predicted octanol–water partition coefficient (Wildman–Crippen LogP) is 1.48. The number of hydrogen-bond donors (Lipinski definition) is 2. The third-order valence-electron chi connectivity index (χ3n) is 2.11. The Morgan fingerprint density at radius 3 is 2.94 bits per heavy atom. The Bertz CT molecular complexity index is 482. The second-order valence-corrected chi connectivity index (χ2v) is 3.24. The van der Waals surface area contributed by atoms with Crippen molar-refractivity contribution < 1.29 is 9.18 Å². The van der Waals surface area contributed by atoms with Gasteiger partial charge in [0.05, 0.1) is 24.1 Å². The van der Waals surface area contributed by atoms with Gasteiger partial charge in [0.1, 0.15) is 5.82 Å². The zero-order valence-corrected chi connectivity index (χ0v) is 8.40. The van der Waals surface area contributed by atoms with Gasteiger partial charge in [-0.15, -0.1) is 0 Å². The van der Waals surface area contributed by atoms with Crippen molar-refractivity contribution in [2.45, 2.75) is 6.54 Å². The quantitative estimate of drug-likeness (QED) is 0.821. The number of rotatable bonds is 3. The van der Waals surface area contributed by atoms with Crippen LogP contribution in [0.4, 0.5) is 4.39 Å². The van der Waals surface area contributed by atoms with Crippen LogP contribution < -0.4 is 5.32 Å². The van der Waals surface area contributed by atoms with Crippen LogP contribution in [-0.2, 0) is 6.54 Å². The van der Waals surface area contributed by atoms with Crippen LogP contribution in [0.5, 0.6) is 0 Å².